The summed E-state index contributed by atoms with van der Waals surface area (Å²) in [5.41, 5.74) is 2.00. The molecule has 18 heavy (non-hydrogen) atoms. The quantitative estimate of drug-likeness (QED) is 0.827. The predicted octanol–water partition coefficient (Wildman–Crippen LogP) is 2.40. The van der Waals surface area contributed by atoms with Gasteiger partial charge in [0.2, 0.25) is 5.91 Å². The molecule has 0 aliphatic carbocycles. The summed E-state index contributed by atoms with van der Waals surface area (Å²) in [6.07, 6.45) is 4.44. The molecule has 96 valence electrons. The van der Waals surface area contributed by atoms with E-state index in [9.17, 15) is 4.79 Å². The van der Waals surface area contributed by atoms with Gasteiger partial charge >= 0.3 is 0 Å². The smallest absolute Gasteiger partial charge is 0.247 e. The molecule has 1 saturated heterocycles. The second-order valence-electron chi connectivity index (χ2n) is 4.93. The van der Waals surface area contributed by atoms with Crippen LogP contribution < -0.4 is 15.0 Å². The number of anilines is 2. The maximum atomic E-state index is 12.1. The number of nitrogens with zero attached hydrogens (tertiary/aromatic N) is 1. The molecule has 4 nitrogen and oxygen atoms in total. The molecule has 0 aromatic heterocycles. The third kappa shape index (κ3) is 1.82. The Kier molecular flexibility index (Phi) is 2.86. The van der Waals surface area contributed by atoms with Crippen LogP contribution in [0.5, 0.6) is 5.75 Å². The molecule has 1 fully saturated rings. The third-order valence-corrected chi connectivity index (χ3v) is 3.83. The standard InChI is InChI=1S/C14H18N2O2/c1-18-10-6-7-11-13(9-10)16-8-4-2-3-5-12(16)14(17)15-11/h6-7,9,12H,2-5,8H2,1H3,(H,15,17). The first kappa shape index (κ1) is 11.4. The van der Waals surface area contributed by atoms with Crippen LogP contribution in [0.4, 0.5) is 11.4 Å². The lowest BCUT2D eigenvalue weighted by molar-refractivity contribution is -0.117. The van der Waals surface area contributed by atoms with Gasteiger partial charge in [0.25, 0.3) is 0 Å². The number of hydrogen-bond acceptors (Lipinski definition) is 3. The van der Waals surface area contributed by atoms with Crippen molar-refractivity contribution in [2.75, 3.05) is 23.9 Å². The highest BCUT2D eigenvalue weighted by Crippen LogP contribution is 2.37. The van der Waals surface area contributed by atoms with Gasteiger partial charge in [0.05, 0.1) is 18.5 Å². The Morgan fingerprint density at radius 1 is 1.33 bits per heavy atom. The topological polar surface area (TPSA) is 41.6 Å². The Labute approximate surface area is 107 Å². The lowest BCUT2D eigenvalue weighted by Gasteiger charge is -2.37. The fraction of sp³-hybridized carbons (Fsp3) is 0.500. The molecule has 1 amide bonds. The van der Waals surface area contributed by atoms with Crippen LogP contribution in [0, 0.1) is 0 Å². The summed E-state index contributed by atoms with van der Waals surface area (Å²) in [7, 11) is 1.67. The third-order valence-electron chi connectivity index (χ3n) is 3.83. The summed E-state index contributed by atoms with van der Waals surface area (Å²) in [5.74, 6) is 0.975. The van der Waals surface area contributed by atoms with Gasteiger partial charge in [-0.05, 0) is 25.0 Å². The van der Waals surface area contributed by atoms with E-state index in [0.29, 0.717) is 0 Å². The summed E-state index contributed by atoms with van der Waals surface area (Å²) in [6.45, 7) is 0.957. The lowest BCUT2D eigenvalue weighted by Crippen LogP contribution is -2.47. The Balaban J connectivity index is 2.03. The minimum Gasteiger partial charge on any atom is -0.497 e. The van der Waals surface area contributed by atoms with E-state index in [2.05, 4.69) is 10.2 Å². The van der Waals surface area contributed by atoms with Crippen molar-refractivity contribution in [3.05, 3.63) is 18.2 Å². The molecule has 2 aliphatic heterocycles. The van der Waals surface area contributed by atoms with Crippen LogP contribution >= 0.6 is 0 Å². The van der Waals surface area contributed by atoms with Crippen molar-refractivity contribution >= 4 is 17.3 Å². The van der Waals surface area contributed by atoms with Crippen molar-refractivity contribution in [3.63, 3.8) is 0 Å². The highest BCUT2D eigenvalue weighted by molar-refractivity contribution is 6.03. The van der Waals surface area contributed by atoms with Crippen molar-refractivity contribution in [2.24, 2.45) is 0 Å². The second kappa shape index (κ2) is 4.52. The molecule has 2 aliphatic rings. The van der Waals surface area contributed by atoms with Gasteiger partial charge in [0.1, 0.15) is 11.8 Å². The zero-order valence-corrected chi connectivity index (χ0v) is 10.6. The van der Waals surface area contributed by atoms with E-state index in [0.717, 1.165) is 42.9 Å². The molecule has 0 spiro atoms. The largest absolute Gasteiger partial charge is 0.497 e. The summed E-state index contributed by atoms with van der Waals surface area (Å²) in [5, 5.41) is 3.00. The van der Waals surface area contributed by atoms with Gasteiger partial charge in [-0.1, -0.05) is 12.8 Å². The molecule has 4 heteroatoms. The number of fused-ring (bicyclic) bond motifs is 3. The van der Waals surface area contributed by atoms with Crippen molar-refractivity contribution in [2.45, 2.75) is 31.7 Å². The van der Waals surface area contributed by atoms with E-state index in [1.165, 1.54) is 6.42 Å². The van der Waals surface area contributed by atoms with Crippen LogP contribution in [0.1, 0.15) is 25.7 Å². The van der Waals surface area contributed by atoms with Crippen LogP contribution in [-0.2, 0) is 4.79 Å². The monoisotopic (exact) mass is 246 g/mol. The Morgan fingerprint density at radius 2 is 2.22 bits per heavy atom. The van der Waals surface area contributed by atoms with Gasteiger partial charge in [-0.3, -0.25) is 4.79 Å². The normalized spacial score (nSPS) is 22.6. The van der Waals surface area contributed by atoms with E-state index >= 15 is 0 Å². The summed E-state index contributed by atoms with van der Waals surface area (Å²) >= 11 is 0. The molecule has 0 bridgehead atoms. The van der Waals surface area contributed by atoms with Crippen molar-refractivity contribution in [1.29, 1.82) is 0 Å². The number of methoxy groups -OCH3 is 1. The van der Waals surface area contributed by atoms with Gasteiger partial charge in [-0.15, -0.1) is 0 Å². The van der Waals surface area contributed by atoms with Crippen LogP contribution in [0.3, 0.4) is 0 Å². The van der Waals surface area contributed by atoms with E-state index in [1.807, 2.05) is 18.2 Å². The van der Waals surface area contributed by atoms with Gasteiger partial charge in [0.15, 0.2) is 0 Å². The molecule has 1 unspecified atom stereocenters. The van der Waals surface area contributed by atoms with Gasteiger partial charge < -0.3 is 15.0 Å². The first-order valence-corrected chi connectivity index (χ1v) is 6.55. The number of ether oxygens (including phenoxy) is 1. The summed E-state index contributed by atoms with van der Waals surface area (Å²) in [6, 6.07) is 5.82. The van der Waals surface area contributed by atoms with Crippen molar-refractivity contribution in [1.82, 2.24) is 0 Å². The van der Waals surface area contributed by atoms with Crippen LogP contribution in [0.15, 0.2) is 18.2 Å². The van der Waals surface area contributed by atoms with Gasteiger partial charge in [-0.2, -0.15) is 0 Å². The van der Waals surface area contributed by atoms with E-state index in [4.69, 9.17) is 4.74 Å². The molecule has 3 rings (SSSR count). The fourth-order valence-electron chi connectivity index (χ4n) is 2.87. The summed E-state index contributed by atoms with van der Waals surface area (Å²) in [4.78, 5) is 14.4. The van der Waals surface area contributed by atoms with Crippen LogP contribution in [0.2, 0.25) is 0 Å². The fourth-order valence-corrected chi connectivity index (χ4v) is 2.87. The number of benzene rings is 1. The SMILES string of the molecule is COc1ccc2c(c1)N1CCCCCC1C(=O)N2. The number of rotatable bonds is 1. The van der Waals surface area contributed by atoms with E-state index in [-0.39, 0.29) is 11.9 Å². The van der Waals surface area contributed by atoms with E-state index < -0.39 is 0 Å². The zero-order valence-electron chi connectivity index (χ0n) is 10.6. The molecule has 2 heterocycles. The Morgan fingerprint density at radius 3 is 3.06 bits per heavy atom. The average molecular weight is 246 g/mol. The van der Waals surface area contributed by atoms with Gasteiger partial charge in [0, 0.05) is 12.6 Å². The Hall–Kier alpha value is -1.71. The van der Waals surface area contributed by atoms with Gasteiger partial charge in [-0.25, -0.2) is 0 Å². The van der Waals surface area contributed by atoms with Crippen molar-refractivity contribution < 1.29 is 9.53 Å². The highest BCUT2D eigenvalue weighted by atomic mass is 16.5. The first-order valence-electron chi connectivity index (χ1n) is 6.55. The number of nitrogens with one attached hydrogen (secondary N) is 1. The molecule has 0 radical (unpaired) electrons. The molecular formula is C14H18N2O2. The zero-order chi connectivity index (χ0) is 12.5. The van der Waals surface area contributed by atoms with Crippen LogP contribution in [0.25, 0.3) is 0 Å². The number of carbonyl (C=O) groups excluding carboxylic acids is 1. The molecule has 1 aromatic rings. The average Bonchev–Trinajstić information content (AvgIpc) is 2.65. The minimum atomic E-state index is -0.00731. The Bertz CT molecular complexity index is 473. The van der Waals surface area contributed by atoms with Crippen molar-refractivity contribution in [3.8, 4) is 5.75 Å². The number of amides is 1. The maximum Gasteiger partial charge on any atom is 0.247 e. The van der Waals surface area contributed by atoms with Crippen LogP contribution in [-0.4, -0.2) is 25.6 Å². The second-order valence-corrected chi connectivity index (χ2v) is 4.93. The molecule has 0 saturated carbocycles. The maximum absolute atomic E-state index is 12.1. The molecular weight excluding hydrogens is 228 g/mol. The predicted molar refractivity (Wildman–Crippen MR) is 71.2 cm³/mol. The molecule has 1 N–H and O–H groups in total. The summed E-state index contributed by atoms with van der Waals surface area (Å²) < 4.78 is 5.28. The number of hydrogen-bond donors (Lipinski definition) is 1. The highest BCUT2D eigenvalue weighted by Gasteiger charge is 2.33. The lowest BCUT2D eigenvalue weighted by atomic mass is 10.0. The molecule has 1 aromatic carbocycles. The molecule has 1 atom stereocenters. The number of carbonyl (C=O) groups is 1. The van der Waals surface area contributed by atoms with E-state index in [1.54, 1.807) is 7.11 Å². The minimum absolute atomic E-state index is 0.00731. The first-order chi connectivity index (χ1) is 8.79.